The van der Waals surface area contributed by atoms with E-state index in [4.69, 9.17) is 15.7 Å². The van der Waals surface area contributed by atoms with Crippen molar-refractivity contribution >= 4 is 23.3 Å². The minimum absolute atomic E-state index is 0.0210. The first-order chi connectivity index (χ1) is 7.81. The Balaban J connectivity index is 2.64. The Bertz CT molecular complexity index is 434. The van der Waals surface area contributed by atoms with Crippen LogP contribution in [0.5, 0.6) is 5.06 Å². The average Bonchev–Trinajstić information content (AvgIpc) is 2.62. The Morgan fingerprint density at radius 3 is 2.76 bits per heavy atom. The van der Waals surface area contributed by atoms with E-state index in [1.165, 1.54) is 17.4 Å². The third kappa shape index (κ3) is 4.31. The number of oxime groups is 1. The maximum atomic E-state index is 11.4. The molecule has 6 nitrogen and oxygen atoms in total. The van der Waals surface area contributed by atoms with Crippen LogP contribution in [-0.4, -0.2) is 22.7 Å². The molecule has 17 heavy (non-hydrogen) atoms. The number of carbonyl (C=O) groups excluding carboxylic acids is 1. The van der Waals surface area contributed by atoms with Gasteiger partial charge in [0.15, 0.2) is 10.9 Å². The van der Waals surface area contributed by atoms with Crippen molar-refractivity contribution in [2.24, 2.45) is 10.9 Å². The van der Waals surface area contributed by atoms with Crippen molar-refractivity contribution in [1.82, 2.24) is 5.32 Å². The van der Waals surface area contributed by atoms with Crippen LogP contribution in [0, 0.1) is 0 Å². The number of nitrogens with zero attached hydrogens (tertiary/aromatic N) is 1. The van der Waals surface area contributed by atoms with Crippen LogP contribution in [0.2, 0.25) is 0 Å². The second-order valence-corrected chi connectivity index (χ2v) is 5.28. The molecular weight excluding hydrogens is 242 g/mol. The van der Waals surface area contributed by atoms with Crippen molar-refractivity contribution in [3.8, 4) is 5.06 Å². The molecule has 1 aromatic rings. The summed E-state index contributed by atoms with van der Waals surface area (Å²) in [5.74, 6) is -0.0210. The molecular formula is C10H15N3O3S. The third-order valence-electron chi connectivity index (χ3n) is 1.65. The number of ether oxygens (including phenoxy) is 1. The molecule has 1 aromatic heterocycles. The highest BCUT2D eigenvalue weighted by Crippen LogP contribution is 2.23. The summed E-state index contributed by atoms with van der Waals surface area (Å²) in [4.78, 5) is 11.4. The highest BCUT2D eigenvalue weighted by molar-refractivity contribution is 7.12. The molecule has 0 saturated heterocycles. The SMILES string of the molecule is CC(C)(C)NC(=O)Oc1cc(C(N)=NO)cs1. The zero-order valence-electron chi connectivity index (χ0n) is 9.85. The van der Waals surface area contributed by atoms with Gasteiger partial charge in [-0.05, 0) is 20.8 Å². The van der Waals surface area contributed by atoms with Crippen molar-refractivity contribution in [3.05, 3.63) is 17.0 Å². The first-order valence-corrected chi connectivity index (χ1v) is 5.76. The Kier molecular flexibility index (Phi) is 3.95. The Morgan fingerprint density at radius 1 is 1.59 bits per heavy atom. The van der Waals surface area contributed by atoms with Crippen molar-refractivity contribution in [2.75, 3.05) is 0 Å². The maximum absolute atomic E-state index is 11.4. The van der Waals surface area contributed by atoms with E-state index in [0.717, 1.165) is 0 Å². The van der Waals surface area contributed by atoms with Gasteiger partial charge < -0.3 is 21.0 Å². The first kappa shape index (κ1) is 13.3. The van der Waals surface area contributed by atoms with E-state index in [2.05, 4.69) is 10.5 Å². The molecule has 0 aromatic carbocycles. The lowest BCUT2D eigenvalue weighted by molar-refractivity contribution is 0.192. The molecule has 0 spiro atoms. The van der Waals surface area contributed by atoms with Gasteiger partial charge in [-0.15, -0.1) is 11.3 Å². The van der Waals surface area contributed by atoms with Gasteiger partial charge in [0, 0.05) is 22.5 Å². The fourth-order valence-electron chi connectivity index (χ4n) is 0.985. The van der Waals surface area contributed by atoms with Gasteiger partial charge >= 0.3 is 6.09 Å². The summed E-state index contributed by atoms with van der Waals surface area (Å²) in [5.41, 5.74) is 5.54. The first-order valence-electron chi connectivity index (χ1n) is 4.88. The molecule has 1 heterocycles. The molecule has 0 aliphatic rings. The van der Waals surface area contributed by atoms with Crippen LogP contribution in [0.25, 0.3) is 0 Å². The lowest BCUT2D eigenvalue weighted by atomic mass is 10.1. The van der Waals surface area contributed by atoms with Crippen LogP contribution in [0.4, 0.5) is 4.79 Å². The monoisotopic (exact) mass is 257 g/mol. The van der Waals surface area contributed by atoms with Gasteiger partial charge in [-0.2, -0.15) is 0 Å². The molecule has 1 amide bonds. The minimum atomic E-state index is -0.537. The number of amides is 1. The predicted octanol–water partition coefficient (Wildman–Crippen LogP) is 1.73. The summed E-state index contributed by atoms with van der Waals surface area (Å²) in [6.07, 6.45) is -0.537. The number of rotatable bonds is 2. The third-order valence-corrected chi connectivity index (χ3v) is 2.45. The normalized spacial score (nSPS) is 12.3. The molecule has 0 aliphatic carbocycles. The summed E-state index contributed by atoms with van der Waals surface area (Å²) in [6.45, 7) is 5.56. The number of thiophene rings is 1. The Hall–Kier alpha value is -1.76. The van der Waals surface area contributed by atoms with Crippen LogP contribution in [0.3, 0.4) is 0 Å². The summed E-state index contributed by atoms with van der Waals surface area (Å²) in [7, 11) is 0. The van der Waals surface area contributed by atoms with Crippen LogP contribution >= 0.6 is 11.3 Å². The van der Waals surface area contributed by atoms with Crippen molar-refractivity contribution < 1.29 is 14.7 Å². The zero-order chi connectivity index (χ0) is 13.1. The van der Waals surface area contributed by atoms with Gasteiger partial charge in [-0.25, -0.2) is 4.79 Å². The quantitative estimate of drug-likeness (QED) is 0.325. The van der Waals surface area contributed by atoms with E-state index in [1.807, 2.05) is 20.8 Å². The van der Waals surface area contributed by atoms with Gasteiger partial charge in [-0.1, -0.05) is 5.16 Å². The summed E-state index contributed by atoms with van der Waals surface area (Å²) < 4.78 is 5.04. The summed E-state index contributed by atoms with van der Waals surface area (Å²) in [6, 6.07) is 1.53. The van der Waals surface area contributed by atoms with E-state index >= 15 is 0 Å². The van der Waals surface area contributed by atoms with Crippen LogP contribution in [0.1, 0.15) is 26.3 Å². The van der Waals surface area contributed by atoms with Crippen LogP contribution in [0.15, 0.2) is 16.6 Å². The van der Waals surface area contributed by atoms with E-state index in [9.17, 15) is 4.79 Å². The van der Waals surface area contributed by atoms with E-state index in [1.54, 1.807) is 5.38 Å². The number of hydrogen-bond acceptors (Lipinski definition) is 5. The van der Waals surface area contributed by atoms with E-state index < -0.39 is 6.09 Å². The minimum Gasteiger partial charge on any atom is -0.409 e. The molecule has 0 aliphatic heterocycles. The molecule has 0 atom stereocenters. The highest BCUT2D eigenvalue weighted by atomic mass is 32.1. The van der Waals surface area contributed by atoms with Crippen molar-refractivity contribution in [2.45, 2.75) is 26.3 Å². The van der Waals surface area contributed by atoms with E-state index in [-0.39, 0.29) is 11.4 Å². The summed E-state index contributed by atoms with van der Waals surface area (Å²) >= 11 is 1.19. The highest BCUT2D eigenvalue weighted by Gasteiger charge is 2.16. The molecule has 0 fully saturated rings. The fraction of sp³-hybridized carbons (Fsp3) is 0.400. The molecule has 1 rings (SSSR count). The summed E-state index contributed by atoms with van der Waals surface area (Å²) in [5, 5.41) is 16.0. The van der Waals surface area contributed by atoms with Crippen molar-refractivity contribution in [1.29, 1.82) is 0 Å². The standard InChI is InChI=1S/C10H15N3O3S/c1-10(2,3)12-9(14)16-7-4-6(5-17-7)8(11)13-15/h4-5,15H,1-3H3,(H2,11,13)(H,12,14). The van der Waals surface area contributed by atoms with Gasteiger partial charge in [0.2, 0.25) is 0 Å². The zero-order valence-corrected chi connectivity index (χ0v) is 10.7. The smallest absolute Gasteiger partial charge is 0.409 e. The van der Waals surface area contributed by atoms with Crippen LogP contribution in [-0.2, 0) is 0 Å². The second kappa shape index (κ2) is 5.05. The Labute approximate surface area is 103 Å². The van der Waals surface area contributed by atoms with E-state index in [0.29, 0.717) is 10.6 Å². The molecule has 94 valence electrons. The van der Waals surface area contributed by atoms with Gasteiger partial charge in [0.05, 0.1) is 0 Å². The Morgan fingerprint density at radius 2 is 2.24 bits per heavy atom. The molecule has 0 bridgehead atoms. The van der Waals surface area contributed by atoms with Crippen molar-refractivity contribution in [3.63, 3.8) is 0 Å². The second-order valence-electron chi connectivity index (χ2n) is 4.40. The maximum Gasteiger partial charge on any atom is 0.413 e. The lowest BCUT2D eigenvalue weighted by Gasteiger charge is -2.19. The predicted molar refractivity (Wildman–Crippen MR) is 65.7 cm³/mol. The number of hydrogen-bond donors (Lipinski definition) is 3. The number of amidine groups is 1. The lowest BCUT2D eigenvalue weighted by Crippen LogP contribution is -2.42. The molecule has 7 heteroatoms. The fourth-order valence-corrected chi connectivity index (χ4v) is 1.74. The topological polar surface area (TPSA) is 96.9 Å². The molecule has 0 radical (unpaired) electrons. The van der Waals surface area contributed by atoms with Gasteiger partial charge in [0.1, 0.15) is 0 Å². The molecule has 0 saturated carbocycles. The van der Waals surface area contributed by atoms with Gasteiger partial charge in [-0.3, -0.25) is 0 Å². The van der Waals surface area contributed by atoms with Crippen LogP contribution < -0.4 is 15.8 Å². The average molecular weight is 257 g/mol. The number of nitrogens with one attached hydrogen (secondary N) is 1. The number of carbonyl (C=O) groups is 1. The molecule has 0 unspecified atom stereocenters. The van der Waals surface area contributed by atoms with Gasteiger partial charge in [0.25, 0.3) is 0 Å². The number of nitrogens with two attached hydrogens (primary N) is 1. The molecule has 4 N–H and O–H groups in total. The largest absolute Gasteiger partial charge is 0.413 e.